The molecule has 7 nitrogen and oxygen atoms in total. The van der Waals surface area contributed by atoms with E-state index in [2.05, 4.69) is 10.3 Å². The van der Waals surface area contributed by atoms with Gasteiger partial charge in [-0.25, -0.2) is 9.40 Å². The third-order valence-electron chi connectivity index (χ3n) is 6.01. The minimum atomic E-state index is -0.708. The number of carbonyl (C=O) groups is 2. The van der Waals surface area contributed by atoms with Gasteiger partial charge in [-0.1, -0.05) is 71.9 Å². The number of para-hydroxylation sites is 1. The molecule has 10 heteroatoms. The lowest BCUT2D eigenvalue weighted by Gasteiger charge is -2.24. The zero-order chi connectivity index (χ0) is 25.9. The molecule has 5 rings (SSSR count). The molecule has 2 atom stereocenters. The fourth-order valence-electron chi connectivity index (χ4n) is 4.23. The van der Waals surface area contributed by atoms with Crippen molar-refractivity contribution in [1.29, 1.82) is 0 Å². The van der Waals surface area contributed by atoms with Crippen LogP contribution in [0.5, 0.6) is 5.75 Å². The summed E-state index contributed by atoms with van der Waals surface area (Å²) in [7, 11) is 1.62. The molecule has 37 heavy (non-hydrogen) atoms. The third kappa shape index (κ3) is 5.38. The Labute approximate surface area is 222 Å². The first-order chi connectivity index (χ1) is 17.9. The van der Waals surface area contributed by atoms with Gasteiger partial charge in [0.25, 0.3) is 5.91 Å². The van der Waals surface area contributed by atoms with Crippen molar-refractivity contribution >= 4 is 51.7 Å². The van der Waals surface area contributed by atoms with E-state index in [9.17, 15) is 14.0 Å². The van der Waals surface area contributed by atoms with Crippen molar-refractivity contribution in [3.8, 4) is 5.75 Å². The minimum Gasteiger partial charge on any atom is -0.496 e. The molecular formula is C27H22ClFN4O3S. The largest absolute Gasteiger partial charge is 0.496 e. The summed E-state index contributed by atoms with van der Waals surface area (Å²) >= 11 is 7.00. The summed E-state index contributed by atoms with van der Waals surface area (Å²) in [5, 5.41) is 8.87. The Bertz CT molecular complexity index is 1420. The Morgan fingerprint density at radius 2 is 1.92 bits per heavy atom. The second kappa shape index (κ2) is 10.7. The van der Waals surface area contributed by atoms with E-state index in [0.29, 0.717) is 23.0 Å². The van der Waals surface area contributed by atoms with Gasteiger partial charge in [-0.2, -0.15) is 10.1 Å². The van der Waals surface area contributed by atoms with Crippen LogP contribution in [0.15, 0.2) is 82.9 Å². The van der Waals surface area contributed by atoms with E-state index in [4.69, 9.17) is 21.4 Å². The van der Waals surface area contributed by atoms with Crippen LogP contribution in [0, 0.1) is 5.82 Å². The van der Waals surface area contributed by atoms with Gasteiger partial charge in [-0.05, 0) is 29.8 Å². The quantitative estimate of drug-likeness (QED) is 0.439. The molecule has 188 valence electrons. The summed E-state index contributed by atoms with van der Waals surface area (Å²) in [6.45, 7) is 0. The summed E-state index contributed by atoms with van der Waals surface area (Å²) in [5.41, 5.74) is 3.11. The molecule has 2 aliphatic rings. The third-order valence-corrected chi connectivity index (χ3v) is 7.45. The van der Waals surface area contributed by atoms with Gasteiger partial charge in [0.1, 0.15) is 16.8 Å². The molecule has 2 heterocycles. The monoisotopic (exact) mass is 536 g/mol. The lowest BCUT2D eigenvalue weighted by molar-refractivity contribution is -0.121. The highest BCUT2D eigenvalue weighted by molar-refractivity contribution is 8.15. The standard InChI is InChI=1S/C27H22ClFN4O3S/c1-36-23-10-6-5-9-18(23)22-14-21(16-7-3-2-4-8-16)32-33(22)27-31-26(35)24(37-27)15-25(34)30-17-11-12-20(29)19(28)13-17/h2-13,22,24H,14-15H2,1H3,(H,30,34)/t22-,24+/m0/s1. The Morgan fingerprint density at radius 3 is 2.68 bits per heavy atom. The average molecular weight is 537 g/mol. The van der Waals surface area contributed by atoms with Gasteiger partial charge in [0.15, 0.2) is 5.17 Å². The second-order valence-corrected chi connectivity index (χ2v) is 10.0. The lowest BCUT2D eigenvalue weighted by Crippen LogP contribution is -2.25. The van der Waals surface area contributed by atoms with Crippen LogP contribution in [0.1, 0.15) is 30.0 Å². The summed E-state index contributed by atoms with van der Waals surface area (Å²) < 4.78 is 19.0. The van der Waals surface area contributed by atoms with Gasteiger partial charge >= 0.3 is 0 Å². The number of nitrogens with zero attached hydrogens (tertiary/aromatic N) is 3. The van der Waals surface area contributed by atoms with E-state index in [1.165, 1.54) is 30.0 Å². The van der Waals surface area contributed by atoms with Crippen molar-refractivity contribution in [2.75, 3.05) is 12.4 Å². The van der Waals surface area contributed by atoms with E-state index in [0.717, 1.165) is 16.8 Å². The topological polar surface area (TPSA) is 83.4 Å². The number of halogens is 2. The number of aliphatic imine (C=N–C) groups is 1. The Hall–Kier alpha value is -3.69. The number of hydrogen-bond donors (Lipinski definition) is 1. The van der Waals surface area contributed by atoms with Crippen LogP contribution in [0.3, 0.4) is 0 Å². The number of rotatable bonds is 6. The number of anilines is 1. The number of benzene rings is 3. The maximum absolute atomic E-state index is 13.4. The maximum atomic E-state index is 13.4. The molecule has 0 bridgehead atoms. The summed E-state index contributed by atoms with van der Waals surface area (Å²) in [4.78, 5) is 29.7. The van der Waals surface area contributed by atoms with Crippen molar-refractivity contribution in [2.45, 2.75) is 24.1 Å². The van der Waals surface area contributed by atoms with E-state index < -0.39 is 22.9 Å². The molecule has 0 aliphatic carbocycles. The van der Waals surface area contributed by atoms with Gasteiger partial charge in [-0.15, -0.1) is 0 Å². The number of hydrogen-bond acceptors (Lipinski definition) is 6. The van der Waals surface area contributed by atoms with E-state index in [-0.39, 0.29) is 17.5 Å². The molecule has 0 fully saturated rings. The van der Waals surface area contributed by atoms with E-state index >= 15 is 0 Å². The second-order valence-electron chi connectivity index (χ2n) is 8.44. The van der Waals surface area contributed by atoms with Gasteiger partial charge in [0.2, 0.25) is 5.91 Å². The van der Waals surface area contributed by atoms with Crippen LogP contribution < -0.4 is 10.1 Å². The Morgan fingerprint density at radius 1 is 1.16 bits per heavy atom. The van der Waals surface area contributed by atoms with Crippen LogP contribution in [0.25, 0.3) is 0 Å². The molecule has 0 aromatic heterocycles. The van der Waals surface area contributed by atoms with Crippen LogP contribution in [-0.4, -0.2) is 40.1 Å². The maximum Gasteiger partial charge on any atom is 0.262 e. The summed E-state index contributed by atoms with van der Waals surface area (Å²) in [5.74, 6) is -0.675. The smallest absolute Gasteiger partial charge is 0.262 e. The van der Waals surface area contributed by atoms with Crippen LogP contribution in [0.4, 0.5) is 10.1 Å². The number of nitrogens with one attached hydrogen (secondary N) is 1. The summed E-state index contributed by atoms with van der Waals surface area (Å²) in [6.07, 6.45) is 0.489. The number of methoxy groups -OCH3 is 1. The first kappa shape index (κ1) is 25.0. The lowest BCUT2D eigenvalue weighted by atomic mass is 9.98. The summed E-state index contributed by atoms with van der Waals surface area (Å²) in [6, 6.07) is 21.2. The van der Waals surface area contributed by atoms with Crippen molar-refractivity contribution in [2.24, 2.45) is 10.1 Å². The molecule has 1 N–H and O–H groups in total. The molecule has 3 aromatic carbocycles. The van der Waals surface area contributed by atoms with Crippen molar-refractivity contribution in [3.05, 3.63) is 94.8 Å². The first-order valence-corrected chi connectivity index (χ1v) is 12.8. The van der Waals surface area contributed by atoms with E-state index in [1.807, 2.05) is 54.6 Å². The van der Waals surface area contributed by atoms with Crippen LogP contribution in [-0.2, 0) is 9.59 Å². The van der Waals surface area contributed by atoms with Crippen LogP contribution in [0.2, 0.25) is 5.02 Å². The van der Waals surface area contributed by atoms with Gasteiger partial charge < -0.3 is 10.1 Å². The first-order valence-electron chi connectivity index (χ1n) is 11.5. The number of ether oxygens (including phenoxy) is 1. The minimum absolute atomic E-state index is 0.0989. The van der Waals surface area contributed by atoms with Gasteiger partial charge in [-0.3, -0.25) is 9.59 Å². The predicted molar refractivity (Wildman–Crippen MR) is 144 cm³/mol. The van der Waals surface area contributed by atoms with Crippen LogP contribution >= 0.6 is 23.4 Å². The normalized spacial score (nSPS) is 19.0. The number of amidine groups is 1. The zero-order valence-corrected chi connectivity index (χ0v) is 21.3. The molecule has 0 unspecified atom stereocenters. The van der Waals surface area contributed by atoms with Crippen molar-refractivity contribution in [1.82, 2.24) is 5.01 Å². The van der Waals surface area contributed by atoms with Crippen molar-refractivity contribution in [3.63, 3.8) is 0 Å². The fraction of sp³-hybridized carbons (Fsp3) is 0.185. The highest BCUT2D eigenvalue weighted by Gasteiger charge is 2.40. The molecule has 0 saturated heterocycles. The average Bonchev–Trinajstić information content (AvgIpc) is 3.50. The number of carbonyl (C=O) groups excluding carboxylic acids is 2. The van der Waals surface area contributed by atoms with Crippen molar-refractivity contribution < 1.29 is 18.7 Å². The predicted octanol–water partition coefficient (Wildman–Crippen LogP) is 5.67. The van der Waals surface area contributed by atoms with Gasteiger partial charge in [0.05, 0.1) is 23.9 Å². The fourth-order valence-corrected chi connectivity index (χ4v) is 5.48. The molecule has 0 radical (unpaired) electrons. The number of thioether (sulfide) groups is 1. The Balaban J connectivity index is 1.36. The van der Waals surface area contributed by atoms with Gasteiger partial charge in [0, 0.05) is 24.1 Å². The molecule has 2 amide bonds. The highest BCUT2D eigenvalue weighted by Crippen LogP contribution is 2.41. The molecule has 0 spiro atoms. The molecular weight excluding hydrogens is 515 g/mol. The Kier molecular flexibility index (Phi) is 7.25. The SMILES string of the molecule is COc1ccccc1[C@@H]1CC(c2ccccc2)=NN1C1=NC(=O)[C@@H](CC(=O)Nc2ccc(F)c(Cl)c2)S1. The number of hydrazone groups is 1. The molecule has 3 aromatic rings. The number of amides is 2. The molecule has 0 saturated carbocycles. The zero-order valence-electron chi connectivity index (χ0n) is 19.7. The van der Waals surface area contributed by atoms with E-state index in [1.54, 1.807) is 12.1 Å². The molecule has 2 aliphatic heterocycles. The highest BCUT2D eigenvalue weighted by atomic mass is 35.5.